The molecular formula is C47H38F2N4. The molecule has 0 saturated carbocycles. The molecule has 53 heavy (non-hydrogen) atoms. The van der Waals surface area contributed by atoms with Gasteiger partial charge in [-0.05, 0) is 82.8 Å². The van der Waals surface area contributed by atoms with Crippen molar-refractivity contribution in [1.29, 1.82) is 0 Å². The largest absolute Gasteiger partial charge is 0.321 e. The van der Waals surface area contributed by atoms with Crippen LogP contribution in [0.4, 0.5) is 31.5 Å². The van der Waals surface area contributed by atoms with Gasteiger partial charge in [-0.15, -0.1) is 0 Å². The zero-order valence-electron chi connectivity index (χ0n) is 29.8. The Morgan fingerprint density at radius 2 is 1.19 bits per heavy atom. The van der Waals surface area contributed by atoms with Crippen LogP contribution in [-0.4, -0.2) is 16.2 Å². The maximum Gasteiger partial charge on any atom is 0.298 e. The third kappa shape index (κ3) is 5.53. The monoisotopic (exact) mass is 696 g/mol. The molecule has 8 aromatic rings. The minimum Gasteiger partial charge on any atom is -0.321 e. The Morgan fingerprint density at radius 1 is 0.528 bits per heavy atom. The van der Waals surface area contributed by atoms with E-state index in [-0.39, 0.29) is 16.5 Å². The van der Waals surface area contributed by atoms with Gasteiger partial charge in [0.15, 0.2) is 0 Å². The highest BCUT2D eigenvalue weighted by Crippen LogP contribution is 2.49. The van der Waals surface area contributed by atoms with Gasteiger partial charge in [-0.3, -0.25) is 4.57 Å². The molecule has 0 radical (unpaired) electrons. The topological polar surface area (TPSA) is 24.3 Å². The van der Waals surface area contributed by atoms with E-state index in [0.29, 0.717) is 23.7 Å². The quantitative estimate of drug-likeness (QED) is 0.173. The SMILES string of the molecule is CC(C)(C)c1ccccc1N1CN(c2cc(-c3ccccc3)cc(C(F)(F)c3ccc4c5ccccc5n(-c5ccccn5)c4c3)c2)c2ccccc21. The number of benzene rings is 6. The molecule has 0 N–H and O–H groups in total. The van der Waals surface area contributed by atoms with E-state index in [1.807, 2.05) is 102 Å². The van der Waals surface area contributed by atoms with Crippen LogP contribution in [0.25, 0.3) is 38.8 Å². The number of aromatic nitrogens is 2. The molecule has 0 bridgehead atoms. The summed E-state index contributed by atoms with van der Waals surface area (Å²) in [6.45, 7) is 7.13. The number of rotatable bonds is 6. The van der Waals surface area contributed by atoms with Crippen LogP contribution in [-0.2, 0) is 11.3 Å². The molecule has 1 aliphatic rings. The Balaban J connectivity index is 1.21. The highest BCUT2D eigenvalue weighted by molar-refractivity contribution is 6.09. The lowest BCUT2D eigenvalue weighted by Crippen LogP contribution is -2.27. The molecule has 3 heterocycles. The van der Waals surface area contributed by atoms with Crippen molar-refractivity contribution in [3.05, 3.63) is 181 Å². The van der Waals surface area contributed by atoms with Crippen LogP contribution in [0.3, 0.4) is 0 Å². The maximum absolute atomic E-state index is 17.3. The molecule has 0 saturated heterocycles. The van der Waals surface area contributed by atoms with Gasteiger partial charge in [0, 0.05) is 39.5 Å². The Labute approximate surface area is 308 Å². The van der Waals surface area contributed by atoms with E-state index < -0.39 is 5.92 Å². The van der Waals surface area contributed by atoms with Crippen molar-refractivity contribution in [2.45, 2.75) is 32.1 Å². The number of anilines is 4. The molecule has 9 rings (SSSR count). The second-order valence-corrected chi connectivity index (χ2v) is 14.7. The molecule has 0 spiro atoms. The van der Waals surface area contributed by atoms with Crippen LogP contribution in [0, 0.1) is 0 Å². The first-order chi connectivity index (χ1) is 25.7. The van der Waals surface area contributed by atoms with Crippen molar-refractivity contribution in [1.82, 2.24) is 9.55 Å². The summed E-state index contributed by atoms with van der Waals surface area (Å²) >= 11 is 0. The Bertz CT molecular complexity index is 2620. The second kappa shape index (κ2) is 12.4. The van der Waals surface area contributed by atoms with Gasteiger partial charge >= 0.3 is 0 Å². The van der Waals surface area contributed by atoms with Crippen LogP contribution in [0.15, 0.2) is 164 Å². The van der Waals surface area contributed by atoms with Gasteiger partial charge < -0.3 is 9.80 Å². The highest BCUT2D eigenvalue weighted by atomic mass is 19.3. The van der Waals surface area contributed by atoms with Gasteiger partial charge in [0.2, 0.25) is 0 Å². The molecule has 6 heteroatoms. The summed E-state index contributed by atoms with van der Waals surface area (Å²) in [5.74, 6) is -2.64. The van der Waals surface area contributed by atoms with Crippen LogP contribution in [0.2, 0.25) is 0 Å². The number of para-hydroxylation sites is 4. The van der Waals surface area contributed by atoms with E-state index in [9.17, 15) is 0 Å². The number of alkyl halides is 2. The summed E-state index contributed by atoms with van der Waals surface area (Å²) in [7, 11) is 0. The first-order valence-corrected chi connectivity index (χ1v) is 18.0. The van der Waals surface area contributed by atoms with Gasteiger partial charge in [-0.2, -0.15) is 8.78 Å². The van der Waals surface area contributed by atoms with Gasteiger partial charge in [-0.25, -0.2) is 4.98 Å². The molecule has 0 amide bonds. The minimum atomic E-state index is -3.32. The minimum absolute atomic E-state index is 0.0697. The molecule has 0 fully saturated rings. The van der Waals surface area contributed by atoms with E-state index in [1.165, 1.54) is 5.56 Å². The number of pyridine rings is 1. The standard InChI is InChI=1S/C47H38F2N4/c1-46(2,3)39-18-8-10-20-41(39)52-31-51(42-21-11-12-22-43(42)52)36-28-33(32-15-5-4-6-16-32)27-35(29-36)47(48,49)34-24-25-38-37-17-7-9-19-40(37)53(44(38)30-34)45-23-13-14-26-50-45/h4-30H,31H2,1-3H3. The van der Waals surface area contributed by atoms with E-state index in [0.717, 1.165) is 44.5 Å². The molecule has 260 valence electrons. The molecule has 0 aliphatic carbocycles. The van der Waals surface area contributed by atoms with Gasteiger partial charge in [-0.1, -0.05) is 118 Å². The fourth-order valence-electron chi connectivity index (χ4n) is 7.80. The fourth-order valence-corrected chi connectivity index (χ4v) is 7.80. The van der Waals surface area contributed by atoms with Crippen molar-refractivity contribution >= 4 is 44.6 Å². The lowest BCUT2D eigenvalue weighted by molar-refractivity contribution is 0.0430. The van der Waals surface area contributed by atoms with Gasteiger partial charge in [0.25, 0.3) is 5.92 Å². The summed E-state index contributed by atoms with van der Waals surface area (Å²) in [6, 6.07) is 50.5. The summed E-state index contributed by atoms with van der Waals surface area (Å²) in [4.78, 5) is 9.06. The van der Waals surface area contributed by atoms with Crippen molar-refractivity contribution in [2.24, 2.45) is 0 Å². The zero-order chi connectivity index (χ0) is 36.3. The third-order valence-corrected chi connectivity index (χ3v) is 10.4. The predicted molar refractivity (Wildman–Crippen MR) is 214 cm³/mol. The molecule has 0 unspecified atom stereocenters. The lowest BCUT2D eigenvalue weighted by atomic mass is 9.85. The Kier molecular flexibility index (Phi) is 7.66. The zero-order valence-corrected chi connectivity index (χ0v) is 29.8. The Hall–Kier alpha value is -6.27. The lowest BCUT2D eigenvalue weighted by Gasteiger charge is -2.29. The first-order valence-electron chi connectivity index (χ1n) is 18.0. The highest BCUT2D eigenvalue weighted by Gasteiger charge is 2.37. The second-order valence-electron chi connectivity index (χ2n) is 14.7. The van der Waals surface area contributed by atoms with Crippen LogP contribution in [0.1, 0.15) is 37.5 Å². The van der Waals surface area contributed by atoms with Crippen molar-refractivity contribution in [2.75, 3.05) is 16.5 Å². The number of hydrogen-bond donors (Lipinski definition) is 0. The van der Waals surface area contributed by atoms with E-state index in [1.54, 1.807) is 30.5 Å². The number of nitrogens with zero attached hydrogens (tertiary/aromatic N) is 4. The van der Waals surface area contributed by atoms with Crippen molar-refractivity contribution < 1.29 is 8.78 Å². The first kappa shape index (κ1) is 32.6. The normalized spacial score (nSPS) is 13.2. The van der Waals surface area contributed by atoms with E-state index in [4.69, 9.17) is 0 Å². The number of hydrogen-bond acceptors (Lipinski definition) is 3. The number of fused-ring (bicyclic) bond motifs is 4. The Morgan fingerprint density at radius 3 is 1.94 bits per heavy atom. The average molecular weight is 697 g/mol. The fraction of sp³-hybridized carbons (Fsp3) is 0.128. The van der Waals surface area contributed by atoms with E-state index in [2.05, 4.69) is 72.0 Å². The molecule has 0 atom stereocenters. The van der Waals surface area contributed by atoms with Gasteiger partial charge in [0.05, 0.1) is 22.4 Å². The third-order valence-electron chi connectivity index (χ3n) is 10.4. The average Bonchev–Trinajstić information content (AvgIpc) is 3.74. The summed E-state index contributed by atoms with van der Waals surface area (Å²) in [5, 5.41) is 1.88. The molecule has 1 aliphatic heterocycles. The van der Waals surface area contributed by atoms with E-state index >= 15 is 8.78 Å². The van der Waals surface area contributed by atoms with Crippen LogP contribution >= 0.6 is 0 Å². The smallest absolute Gasteiger partial charge is 0.298 e. The molecular weight excluding hydrogens is 659 g/mol. The summed E-state index contributed by atoms with van der Waals surface area (Å²) in [6.07, 6.45) is 1.73. The van der Waals surface area contributed by atoms with Crippen LogP contribution < -0.4 is 9.80 Å². The maximum atomic E-state index is 17.3. The predicted octanol–water partition coefficient (Wildman–Crippen LogP) is 12.5. The van der Waals surface area contributed by atoms with Gasteiger partial charge in [0.1, 0.15) is 12.5 Å². The summed E-state index contributed by atoms with van der Waals surface area (Å²) < 4.78 is 36.6. The van der Waals surface area contributed by atoms with Crippen molar-refractivity contribution in [3.63, 3.8) is 0 Å². The van der Waals surface area contributed by atoms with Crippen molar-refractivity contribution in [3.8, 4) is 16.9 Å². The molecule has 6 aromatic carbocycles. The molecule has 4 nitrogen and oxygen atoms in total. The van der Waals surface area contributed by atoms with Crippen LogP contribution in [0.5, 0.6) is 0 Å². The summed E-state index contributed by atoms with van der Waals surface area (Å²) in [5.41, 5.74) is 8.00. The number of halogens is 2. The molecule has 2 aromatic heterocycles.